The fraction of sp³-hybridized carbons (Fsp3) is 0.667. The van der Waals surface area contributed by atoms with Gasteiger partial charge in [0.1, 0.15) is 5.69 Å². The number of rotatable bonds is 3. The van der Waals surface area contributed by atoms with Gasteiger partial charge in [-0.2, -0.15) is 18.4 Å². The molecule has 2 bridgehead atoms. The highest BCUT2D eigenvalue weighted by Gasteiger charge is 2.48. The van der Waals surface area contributed by atoms with Crippen molar-refractivity contribution in [2.45, 2.75) is 74.9 Å². The predicted molar refractivity (Wildman–Crippen MR) is 104 cm³/mol. The van der Waals surface area contributed by atoms with Crippen molar-refractivity contribution in [1.82, 2.24) is 26.1 Å². The highest BCUT2D eigenvalue weighted by Crippen LogP contribution is 2.41. The first-order valence-corrected chi connectivity index (χ1v) is 10.9. The van der Waals surface area contributed by atoms with E-state index in [-0.39, 0.29) is 48.0 Å². The van der Waals surface area contributed by atoms with Crippen molar-refractivity contribution in [1.29, 1.82) is 5.26 Å². The molecule has 0 aromatic carbocycles. The molecule has 7 atom stereocenters. The van der Waals surface area contributed by atoms with E-state index in [1.165, 1.54) is 6.07 Å². The van der Waals surface area contributed by atoms with E-state index in [2.05, 4.69) is 27.3 Å². The minimum absolute atomic E-state index is 0.00137. The molecule has 1 saturated carbocycles. The van der Waals surface area contributed by atoms with Gasteiger partial charge in [0.15, 0.2) is 6.19 Å². The average Bonchev–Trinajstić information content (AvgIpc) is 3.44. The quantitative estimate of drug-likeness (QED) is 0.632. The first kappa shape index (κ1) is 20.5. The van der Waals surface area contributed by atoms with Crippen LogP contribution in [0.25, 0.3) is 0 Å². The normalized spacial score (nSPS) is 36.8. The summed E-state index contributed by atoms with van der Waals surface area (Å²) >= 11 is 0. The lowest BCUT2D eigenvalue weighted by atomic mass is 9.75. The van der Waals surface area contributed by atoms with Crippen LogP contribution in [-0.2, 0) is 11.0 Å². The van der Waals surface area contributed by atoms with Crippen LogP contribution >= 0.6 is 0 Å². The molecule has 1 amide bonds. The van der Waals surface area contributed by atoms with Crippen molar-refractivity contribution in [3.05, 3.63) is 29.6 Å². The van der Waals surface area contributed by atoms with Gasteiger partial charge in [0.05, 0.1) is 23.8 Å². The zero-order valence-electron chi connectivity index (χ0n) is 16.9. The maximum Gasteiger partial charge on any atom is 0.433 e. The molecule has 3 N–H and O–H groups in total. The van der Waals surface area contributed by atoms with Crippen molar-refractivity contribution in [2.24, 2.45) is 11.8 Å². The van der Waals surface area contributed by atoms with E-state index >= 15 is 0 Å². The first-order chi connectivity index (χ1) is 14.8. The summed E-state index contributed by atoms with van der Waals surface area (Å²) in [5.74, 6) is -0.0358. The molecule has 0 spiro atoms. The molecule has 1 aliphatic carbocycles. The van der Waals surface area contributed by atoms with Crippen LogP contribution in [-0.4, -0.2) is 40.0 Å². The van der Waals surface area contributed by atoms with E-state index in [9.17, 15) is 23.2 Å². The molecule has 3 aliphatic heterocycles. The summed E-state index contributed by atoms with van der Waals surface area (Å²) in [4.78, 5) is 18.6. The van der Waals surface area contributed by atoms with E-state index in [0.717, 1.165) is 31.7 Å². The van der Waals surface area contributed by atoms with E-state index in [1.54, 1.807) is 6.07 Å². The van der Waals surface area contributed by atoms with E-state index in [0.29, 0.717) is 18.5 Å². The molecule has 7 nitrogen and oxygen atoms in total. The molecule has 1 aromatic rings. The molecule has 4 unspecified atom stereocenters. The lowest BCUT2D eigenvalue weighted by Crippen LogP contribution is -2.48. The van der Waals surface area contributed by atoms with E-state index < -0.39 is 11.9 Å². The van der Waals surface area contributed by atoms with Gasteiger partial charge in [-0.25, -0.2) is 10.4 Å². The largest absolute Gasteiger partial charge is 0.433 e. The van der Waals surface area contributed by atoms with E-state index in [4.69, 9.17) is 0 Å². The monoisotopic (exact) mass is 434 g/mol. The van der Waals surface area contributed by atoms with Crippen molar-refractivity contribution in [3.8, 4) is 6.19 Å². The highest BCUT2D eigenvalue weighted by molar-refractivity contribution is 5.79. The van der Waals surface area contributed by atoms with Gasteiger partial charge in [-0.15, -0.1) is 0 Å². The molecule has 31 heavy (non-hydrogen) atoms. The number of hydrogen-bond acceptors (Lipinski definition) is 6. The number of carbonyl (C=O) groups excluding carboxylic acids is 1. The molecule has 5 rings (SSSR count). The summed E-state index contributed by atoms with van der Waals surface area (Å²) in [6, 6.07) is 4.06. The number of nitrogens with one attached hydrogen (secondary N) is 3. The second-order valence-electron chi connectivity index (χ2n) is 9.15. The number of fused-ring (bicyclic) bond motifs is 3. The summed E-state index contributed by atoms with van der Waals surface area (Å²) in [5, 5.41) is 12.5. The Morgan fingerprint density at radius 3 is 2.77 bits per heavy atom. The second-order valence-corrected chi connectivity index (χ2v) is 9.15. The summed E-state index contributed by atoms with van der Waals surface area (Å²) in [6.07, 6.45) is 2.61. The Balaban J connectivity index is 1.21. The molecule has 0 radical (unpaired) electrons. The van der Waals surface area contributed by atoms with E-state index in [1.807, 2.05) is 4.90 Å². The van der Waals surface area contributed by atoms with Crippen LogP contribution in [0.3, 0.4) is 0 Å². The van der Waals surface area contributed by atoms with Crippen molar-refractivity contribution in [2.75, 3.05) is 0 Å². The smallest absolute Gasteiger partial charge is 0.351 e. The van der Waals surface area contributed by atoms with Crippen molar-refractivity contribution >= 4 is 5.91 Å². The molecule has 4 fully saturated rings. The molecule has 3 saturated heterocycles. The summed E-state index contributed by atoms with van der Waals surface area (Å²) in [6.45, 7) is 0. The SMILES string of the molecule is N#CN1[C@H]2CC[C@@H]1[C@H](NC(=O)C1CCC3C(C1)NNC3c1cccc(C(F)(F)F)n1)C2. The fourth-order valence-corrected chi connectivity index (χ4v) is 5.98. The lowest BCUT2D eigenvalue weighted by molar-refractivity contribution is -0.141. The number of nitrogens with zero attached hydrogens (tertiary/aromatic N) is 3. The number of carbonyl (C=O) groups is 1. The topological polar surface area (TPSA) is 93.1 Å². The zero-order valence-corrected chi connectivity index (χ0v) is 16.9. The third-order valence-electron chi connectivity index (χ3n) is 7.49. The van der Waals surface area contributed by atoms with Gasteiger partial charge in [-0.3, -0.25) is 10.2 Å². The first-order valence-electron chi connectivity index (χ1n) is 10.9. The summed E-state index contributed by atoms with van der Waals surface area (Å²) in [7, 11) is 0. The molecule has 4 aliphatic rings. The number of aromatic nitrogens is 1. The maximum absolute atomic E-state index is 13.0. The van der Waals surface area contributed by atoms with Crippen LogP contribution in [0, 0.1) is 23.3 Å². The summed E-state index contributed by atoms with van der Waals surface area (Å²) < 4.78 is 39.1. The number of hydrazine groups is 1. The van der Waals surface area contributed by atoms with Crippen molar-refractivity contribution < 1.29 is 18.0 Å². The molecule has 166 valence electrons. The number of halogens is 3. The molecule has 4 heterocycles. The van der Waals surface area contributed by atoms with Gasteiger partial charge >= 0.3 is 6.18 Å². The minimum atomic E-state index is -4.47. The minimum Gasteiger partial charge on any atom is -0.351 e. The van der Waals surface area contributed by atoms with Crippen LogP contribution in [0.5, 0.6) is 0 Å². The highest BCUT2D eigenvalue weighted by atomic mass is 19.4. The Morgan fingerprint density at radius 1 is 1.19 bits per heavy atom. The van der Waals surface area contributed by atoms with Crippen molar-refractivity contribution in [3.63, 3.8) is 0 Å². The fourth-order valence-electron chi connectivity index (χ4n) is 5.98. The number of pyridine rings is 1. The van der Waals surface area contributed by atoms with Crippen LogP contribution in [0.4, 0.5) is 13.2 Å². The van der Waals surface area contributed by atoms with Gasteiger partial charge in [0.2, 0.25) is 5.91 Å². The Kier molecular flexibility index (Phi) is 5.06. The van der Waals surface area contributed by atoms with Crippen LogP contribution in [0.2, 0.25) is 0 Å². The molecular formula is C21H25F3N6O. The molecule has 10 heteroatoms. The maximum atomic E-state index is 13.0. The van der Waals surface area contributed by atoms with Crippen LogP contribution in [0.15, 0.2) is 18.2 Å². The predicted octanol–water partition coefficient (Wildman–Crippen LogP) is 2.24. The van der Waals surface area contributed by atoms with Gasteiger partial charge in [-0.1, -0.05) is 6.07 Å². The summed E-state index contributed by atoms with van der Waals surface area (Å²) in [5.41, 5.74) is 5.78. The number of amides is 1. The zero-order chi connectivity index (χ0) is 21.8. The average molecular weight is 434 g/mol. The second kappa shape index (κ2) is 7.64. The Hall–Kier alpha value is -2.38. The Bertz CT molecular complexity index is 902. The third kappa shape index (κ3) is 3.64. The number of hydrogen-bond donors (Lipinski definition) is 3. The van der Waals surface area contributed by atoms with Gasteiger partial charge in [0.25, 0.3) is 0 Å². The van der Waals surface area contributed by atoms with Crippen LogP contribution < -0.4 is 16.2 Å². The standard InChI is InChI=1S/C21H25F3N6O/c22-21(23,24)18-3-1-2-14(26-18)19-13-6-4-11(8-15(13)28-29-19)20(31)27-16-9-12-5-7-17(16)30(12)10-25/h1-3,11-13,15-17,19,28-29H,4-9H2,(H,27,31)/t11?,12-,13?,15?,16+,17+,19?/m0/s1. The lowest BCUT2D eigenvalue weighted by Gasteiger charge is -2.33. The van der Waals surface area contributed by atoms with Crippen LogP contribution in [0.1, 0.15) is 56.0 Å². The number of alkyl halides is 3. The van der Waals surface area contributed by atoms with Gasteiger partial charge < -0.3 is 10.2 Å². The third-order valence-corrected chi connectivity index (χ3v) is 7.49. The number of nitriles is 1. The molecular weight excluding hydrogens is 409 g/mol. The molecule has 1 aromatic heterocycles. The van der Waals surface area contributed by atoms with Gasteiger partial charge in [-0.05, 0) is 56.6 Å². The Labute approximate surface area is 178 Å². The van der Waals surface area contributed by atoms with Gasteiger partial charge in [0, 0.05) is 18.0 Å². The Morgan fingerprint density at radius 2 is 2.03 bits per heavy atom.